The van der Waals surface area contributed by atoms with Gasteiger partial charge in [0.25, 0.3) is 0 Å². The van der Waals surface area contributed by atoms with E-state index in [0.717, 1.165) is 6.42 Å². The Balaban J connectivity index is 2.25. The lowest BCUT2D eigenvalue weighted by Gasteiger charge is -2.29. The van der Waals surface area contributed by atoms with Gasteiger partial charge in [0, 0.05) is 17.8 Å². The summed E-state index contributed by atoms with van der Waals surface area (Å²) in [5, 5.41) is 2.81. The Labute approximate surface area is 117 Å². The third-order valence-corrected chi connectivity index (χ3v) is 4.29. The van der Waals surface area contributed by atoms with Crippen LogP contribution in [0.25, 0.3) is 0 Å². The number of carbonyl (C=O) groups is 1. The van der Waals surface area contributed by atoms with Gasteiger partial charge in [0.05, 0.1) is 5.92 Å². The minimum Gasteiger partial charge on any atom is -0.356 e. The van der Waals surface area contributed by atoms with Crippen LogP contribution >= 0.6 is 11.6 Å². The van der Waals surface area contributed by atoms with Gasteiger partial charge >= 0.3 is 6.18 Å². The highest BCUT2D eigenvalue weighted by atomic mass is 35.5. The van der Waals surface area contributed by atoms with Crippen molar-refractivity contribution in [3.8, 4) is 0 Å². The lowest BCUT2D eigenvalue weighted by Crippen LogP contribution is -2.36. The van der Waals surface area contributed by atoms with Crippen LogP contribution in [-0.2, 0) is 4.79 Å². The molecule has 0 heterocycles. The molecule has 0 aliphatic heterocycles. The van der Waals surface area contributed by atoms with Crippen LogP contribution in [0.15, 0.2) is 0 Å². The Bertz CT molecular complexity index is 288. The highest BCUT2D eigenvalue weighted by Gasteiger charge is 2.42. The van der Waals surface area contributed by atoms with Gasteiger partial charge in [-0.1, -0.05) is 6.92 Å². The fourth-order valence-corrected chi connectivity index (χ4v) is 2.49. The molecule has 1 N–H and O–H groups in total. The summed E-state index contributed by atoms with van der Waals surface area (Å²) in [4.78, 5) is 11.8. The Morgan fingerprint density at radius 2 is 1.89 bits per heavy atom. The summed E-state index contributed by atoms with van der Waals surface area (Å²) < 4.78 is 37.5. The van der Waals surface area contributed by atoms with E-state index < -0.39 is 12.1 Å². The van der Waals surface area contributed by atoms with E-state index in [4.69, 9.17) is 11.6 Å². The number of alkyl halides is 4. The zero-order valence-corrected chi connectivity index (χ0v) is 11.9. The number of hydrogen-bond acceptors (Lipinski definition) is 1. The van der Waals surface area contributed by atoms with Crippen LogP contribution in [0.3, 0.4) is 0 Å². The van der Waals surface area contributed by atoms with Crippen LogP contribution in [0.1, 0.15) is 45.4 Å². The molecule has 0 saturated heterocycles. The number of carbonyl (C=O) groups excluding carboxylic acids is 1. The highest BCUT2D eigenvalue weighted by molar-refractivity contribution is 6.20. The molecule has 2 nitrogen and oxygen atoms in total. The van der Waals surface area contributed by atoms with Crippen molar-refractivity contribution in [3.63, 3.8) is 0 Å². The van der Waals surface area contributed by atoms with Gasteiger partial charge < -0.3 is 5.32 Å². The summed E-state index contributed by atoms with van der Waals surface area (Å²) in [5.41, 5.74) is 0. The van der Waals surface area contributed by atoms with Crippen LogP contribution in [0.4, 0.5) is 13.2 Å². The Kier molecular flexibility index (Phi) is 6.43. The molecule has 1 fully saturated rings. The number of hydrogen-bond donors (Lipinski definition) is 1. The molecule has 1 rings (SSSR count). The van der Waals surface area contributed by atoms with Gasteiger partial charge in [-0.15, -0.1) is 11.6 Å². The second kappa shape index (κ2) is 7.36. The van der Waals surface area contributed by atoms with Gasteiger partial charge in [-0.05, 0) is 38.5 Å². The van der Waals surface area contributed by atoms with E-state index in [1.165, 1.54) is 0 Å². The second-order valence-corrected chi connectivity index (χ2v) is 5.79. The standard InChI is InChI=1S/C13H21ClF3NO/c1-2-11(14)7-8-18-12(19)9-3-5-10(6-4-9)13(15,16)17/h9-11H,2-8H2,1H3,(H,18,19). The molecule has 1 unspecified atom stereocenters. The van der Waals surface area contributed by atoms with Crippen molar-refractivity contribution in [1.82, 2.24) is 5.32 Å². The number of amides is 1. The summed E-state index contributed by atoms with van der Waals surface area (Å²) in [6.07, 6.45) is -1.80. The number of nitrogens with one attached hydrogen (secondary N) is 1. The van der Waals surface area contributed by atoms with Crippen LogP contribution in [0.2, 0.25) is 0 Å². The van der Waals surface area contributed by atoms with Crippen LogP contribution < -0.4 is 5.32 Å². The van der Waals surface area contributed by atoms with Crippen molar-refractivity contribution in [1.29, 1.82) is 0 Å². The van der Waals surface area contributed by atoms with E-state index in [1.54, 1.807) is 0 Å². The first kappa shape index (κ1) is 16.6. The minimum absolute atomic E-state index is 0.0428. The maximum Gasteiger partial charge on any atom is 0.391 e. The molecule has 1 amide bonds. The van der Waals surface area contributed by atoms with Gasteiger partial charge in [0.2, 0.25) is 5.91 Å². The predicted octanol–water partition coefficient (Wildman–Crippen LogP) is 3.88. The van der Waals surface area contributed by atoms with E-state index in [0.29, 0.717) is 25.8 Å². The quantitative estimate of drug-likeness (QED) is 0.767. The SMILES string of the molecule is CCC(Cl)CCNC(=O)C1CCC(C(F)(F)F)CC1. The van der Waals surface area contributed by atoms with Crippen molar-refractivity contribution >= 4 is 17.5 Å². The average molecular weight is 300 g/mol. The summed E-state index contributed by atoms with van der Waals surface area (Å²) in [7, 11) is 0. The molecular weight excluding hydrogens is 279 g/mol. The van der Waals surface area contributed by atoms with Crippen LogP contribution in [-0.4, -0.2) is 24.0 Å². The number of halogens is 4. The van der Waals surface area contributed by atoms with E-state index in [9.17, 15) is 18.0 Å². The monoisotopic (exact) mass is 299 g/mol. The van der Waals surface area contributed by atoms with Gasteiger partial charge in [-0.25, -0.2) is 0 Å². The Hall–Kier alpha value is -0.450. The van der Waals surface area contributed by atoms with Crippen molar-refractivity contribution < 1.29 is 18.0 Å². The minimum atomic E-state index is -4.12. The molecule has 1 saturated carbocycles. The molecule has 1 aliphatic carbocycles. The first-order chi connectivity index (χ1) is 8.84. The lowest BCUT2D eigenvalue weighted by atomic mass is 9.81. The summed E-state index contributed by atoms with van der Waals surface area (Å²) in [6.45, 7) is 2.47. The molecule has 6 heteroatoms. The van der Waals surface area contributed by atoms with Crippen molar-refractivity contribution in [2.75, 3.05) is 6.54 Å². The molecule has 0 bridgehead atoms. The zero-order valence-electron chi connectivity index (χ0n) is 11.1. The van der Waals surface area contributed by atoms with Gasteiger partial charge in [0.1, 0.15) is 0 Å². The smallest absolute Gasteiger partial charge is 0.356 e. The molecule has 0 aromatic heterocycles. The van der Waals surface area contributed by atoms with Crippen molar-refractivity contribution in [2.45, 2.75) is 57.0 Å². The van der Waals surface area contributed by atoms with Gasteiger partial charge in [-0.3, -0.25) is 4.79 Å². The summed E-state index contributed by atoms with van der Waals surface area (Å²) in [6, 6.07) is 0. The van der Waals surface area contributed by atoms with E-state index in [-0.39, 0.29) is 30.0 Å². The summed E-state index contributed by atoms with van der Waals surface area (Å²) in [5.74, 6) is -1.63. The topological polar surface area (TPSA) is 29.1 Å². The van der Waals surface area contributed by atoms with E-state index >= 15 is 0 Å². The maximum atomic E-state index is 12.5. The number of rotatable bonds is 5. The van der Waals surface area contributed by atoms with Gasteiger partial charge in [0.15, 0.2) is 0 Å². The van der Waals surface area contributed by atoms with Gasteiger partial charge in [-0.2, -0.15) is 13.2 Å². The molecule has 0 aromatic rings. The van der Waals surface area contributed by atoms with Crippen LogP contribution in [0, 0.1) is 11.8 Å². The van der Waals surface area contributed by atoms with Crippen molar-refractivity contribution in [2.24, 2.45) is 11.8 Å². The zero-order chi connectivity index (χ0) is 14.5. The molecule has 1 aliphatic rings. The second-order valence-electron chi connectivity index (χ2n) is 5.18. The molecule has 0 spiro atoms. The third-order valence-electron chi connectivity index (χ3n) is 3.76. The van der Waals surface area contributed by atoms with E-state index in [1.807, 2.05) is 6.92 Å². The molecule has 0 aromatic carbocycles. The average Bonchev–Trinajstić information content (AvgIpc) is 2.37. The first-order valence-electron chi connectivity index (χ1n) is 6.83. The largest absolute Gasteiger partial charge is 0.391 e. The Morgan fingerprint density at radius 1 is 1.32 bits per heavy atom. The highest BCUT2D eigenvalue weighted by Crippen LogP contribution is 2.39. The first-order valence-corrected chi connectivity index (χ1v) is 7.26. The Morgan fingerprint density at radius 3 is 2.37 bits per heavy atom. The predicted molar refractivity (Wildman–Crippen MR) is 69.1 cm³/mol. The van der Waals surface area contributed by atoms with Crippen molar-refractivity contribution in [3.05, 3.63) is 0 Å². The fourth-order valence-electron chi connectivity index (χ4n) is 2.38. The molecule has 19 heavy (non-hydrogen) atoms. The molecule has 1 atom stereocenters. The maximum absolute atomic E-state index is 12.5. The van der Waals surface area contributed by atoms with E-state index in [2.05, 4.69) is 5.32 Å². The lowest BCUT2D eigenvalue weighted by molar-refractivity contribution is -0.184. The fraction of sp³-hybridized carbons (Fsp3) is 0.923. The third kappa shape index (κ3) is 5.59. The summed E-state index contributed by atoms with van der Waals surface area (Å²) >= 11 is 5.93. The normalized spacial score (nSPS) is 25.9. The molecule has 0 radical (unpaired) electrons. The molecule has 112 valence electrons. The van der Waals surface area contributed by atoms with Crippen LogP contribution in [0.5, 0.6) is 0 Å². The molecular formula is C13H21ClF3NO.